The first-order valence-electron chi connectivity index (χ1n) is 5.78. The Kier molecular flexibility index (Phi) is 4.17. The molecule has 0 saturated carbocycles. The highest BCUT2D eigenvalue weighted by Gasteiger charge is 2.19. The van der Waals surface area contributed by atoms with Gasteiger partial charge < -0.3 is 19.5 Å². The van der Waals surface area contributed by atoms with E-state index in [0.717, 1.165) is 13.1 Å². The Morgan fingerprint density at radius 3 is 3.00 bits per heavy atom. The Labute approximate surface area is 101 Å². The number of aromatic nitrogens is 1. The first-order chi connectivity index (χ1) is 8.28. The molecule has 5 heteroatoms. The van der Waals surface area contributed by atoms with Gasteiger partial charge in [-0.15, -0.1) is 0 Å². The summed E-state index contributed by atoms with van der Waals surface area (Å²) < 4.78 is 16.3. The summed E-state index contributed by atoms with van der Waals surface area (Å²) in [7, 11) is 1.59. The van der Waals surface area contributed by atoms with Crippen molar-refractivity contribution in [3.05, 3.63) is 18.2 Å². The number of nitrogens with zero attached hydrogens (tertiary/aromatic N) is 1. The van der Waals surface area contributed by atoms with Crippen molar-refractivity contribution in [3.63, 3.8) is 0 Å². The lowest BCUT2D eigenvalue weighted by molar-refractivity contribution is -0.0477. The molecule has 2 unspecified atom stereocenters. The summed E-state index contributed by atoms with van der Waals surface area (Å²) in [4.78, 5) is 4.17. The number of methoxy groups -OCH3 is 1. The molecule has 1 fully saturated rings. The minimum Gasteiger partial charge on any atom is -0.481 e. The molecule has 17 heavy (non-hydrogen) atoms. The molecule has 2 atom stereocenters. The minimum atomic E-state index is 0.0757. The Bertz CT molecular complexity index is 359. The number of rotatable bonds is 4. The third-order valence-corrected chi connectivity index (χ3v) is 2.55. The van der Waals surface area contributed by atoms with Gasteiger partial charge in [0.1, 0.15) is 12.7 Å². The van der Waals surface area contributed by atoms with Crippen LogP contribution in [0, 0.1) is 0 Å². The smallest absolute Gasteiger partial charge is 0.216 e. The van der Waals surface area contributed by atoms with Crippen LogP contribution in [0.25, 0.3) is 0 Å². The molecule has 1 aliphatic heterocycles. The van der Waals surface area contributed by atoms with Gasteiger partial charge in [-0.25, -0.2) is 0 Å². The number of nitrogens with one attached hydrogen (secondary N) is 1. The maximum Gasteiger partial charge on any atom is 0.216 e. The Morgan fingerprint density at radius 2 is 2.24 bits per heavy atom. The monoisotopic (exact) mass is 238 g/mol. The van der Waals surface area contributed by atoms with E-state index in [1.54, 1.807) is 13.2 Å². The second kappa shape index (κ2) is 5.84. The molecule has 94 valence electrons. The van der Waals surface area contributed by atoms with Crippen LogP contribution in [-0.2, 0) is 4.74 Å². The number of hydrogen-bond acceptors (Lipinski definition) is 5. The molecule has 0 amide bonds. The molecular formula is C12H18N2O3. The Hall–Kier alpha value is -1.33. The molecule has 0 radical (unpaired) electrons. The van der Waals surface area contributed by atoms with Crippen molar-refractivity contribution < 1.29 is 14.2 Å². The van der Waals surface area contributed by atoms with Crippen LogP contribution in [0.15, 0.2) is 18.2 Å². The van der Waals surface area contributed by atoms with Gasteiger partial charge in [-0.3, -0.25) is 0 Å². The number of hydrogen-bond donors (Lipinski definition) is 1. The van der Waals surface area contributed by atoms with Crippen LogP contribution < -0.4 is 14.8 Å². The van der Waals surface area contributed by atoms with Crippen molar-refractivity contribution >= 4 is 0 Å². The quantitative estimate of drug-likeness (QED) is 0.842. The molecule has 1 aliphatic rings. The van der Waals surface area contributed by atoms with E-state index in [4.69, 9.17) is 14.2 Å². The fourth-order valence-corrected chi connectivity index (χ4v) is 1.74. The first kappa shape index (κ1) is 12.1. The van der Waals surface area contributed by atoms with E-state index in [2.05, 4.69) is 10.3 Å². The molecule has 1 saturated heterocycles. The fourth-order valence-electron chi connectivity index (χ4n) is 1.74. The Morgan fingerprint density at radius 1 is 1.41 bits per heavy atom. The van der Waals surface area contributed by atoms with Gasteiger partial charge in [-0.2, -0.15) is 4.98 Å². The lowest BCUT2D eigenvalue weighted by atomic mass is 10.2. The van der Waals surface area contributed by atoms with Crippen LogP contribution in [0.5, 0.6) is 11.8 Å². The van der Waals surface area contributed by atoms with Crippen LogP contribution in [-0.4, -0.2) is 44.0 Å². The SMILES string of the molecule is COc1cccc(OCC2CNCC(C)O2)n1. The summed E-state index contributed by atoms with van der Waals surface area (Å²) in [5, 5.41) is 3.29. The van der Waals surface area contributed by atoms with E-state index < -0.39 is 0 Å². The zero-order valence-corrected chi connectivity index (χ0v) is 10.2. The van der Waals surface area contributed by atoms with Crippen molar-refractivity contribution in [3.8, 4) is 11.8 Å². The third kappa shape index (κ3) is 3.57. The van der Waals surface area contributed by atoms with Gasteiger partial charge in [0, 0.05) is 25.2 Å². The average molecular weight is 238 g/mol. The van der Waals surface area contributed by atoms with E-state index in [1.807, 2.05) is 19.1 Å². The fraction of sp³-hybridized carbons (Fsp3) is 0.583. The van der Waals surface area contributed by atoms with Gasteiger partial charge in [0.05, 0.1) is 13.2 Å². The minimum absolute atomic E-state index is 0.0757. The standard InChI is InChI=1S/C12H18N2O3/c1-9-6-13-7-10(17-9)8-16-12-5-3-4-11(14-12)15-2/h3-5,9-10,13H,6-8H2,1-2H3. The molecule has 2 heterocycles. The van der Waals surface area contributed by atoms with Crippen molar-refractivity contribution in [1.29, 1.82) is 0 Å². The highest BCUT2D eigenvalue weighted by molar-refractivity contribution is 5.19. The van der Waals surface area contributed by atoms with Gasteiger partial charge in [0.2, 0.25) is 11.8 Å². The maximum atomic E-state index is 5.72. The van der Waals surface area contributed by atoms with Crippen molar-refractivity contribution in [2.24, 2.45) is 0 Å². The van der Waals surface area contributed by atoms with Gasteiger partial charge in [0.15, 0.2) is 0 Å². The molecule has 1 aromatic rings. The molecule has 0 aromatic carbocycles. The average Bonchev–Trinajstić information content (AvgIpc) is 2.37. The topological polar surface area (TPSA) is 52.6 Å². The van der Waals surface area contributed by atoms with Crippen LogP contribution >= 0.6 is 0 Å². The molecule has 0 spiro atoms. The first-order valence-corrected chi connectivity index (χ1v) is 5.78. The van der Waals surface area contributed by atoms with E-state index in [-0.39, 0.29) is 12.2 Å². The predicted molar refractivity (Wildman–Crippen MR) is 63.5 cm³/mol. The zero-order chi connectivity index (χ0) is 12.1. The number of ether oxygens (including phenoxy) is 3. The van der Waals surface area contributed by atoms with Crippen LogP contribution in [0.2, 0.25) is 0 Å². The number of pyridine rings is 1. The molecule has 0 bridgehead atoms. The lowest BCUT2D eigenvalue weighted by Crippen LogP contribution is -2.45. The number of morpholine rings is 1. The van der Waals surface area contributed by atoms with E-state index in [1.165, 1.54) is 0 Å². The third-order valence-electron chi connectivity index (χ3n) is 2.55. The predicted octanol–water partition coefficient (Wildman–Crippen LogP) is 0.846. The second-order valence-electron chi connectivity index (χ2n) is 4.06. The van der Waals surface area contributed by atoms with Gasteiger partial charge in [-0.1, -0.05) is 6.07 Å². The summed E-state index contributed by atoms with van der Waals surface area (Å²) >= 11 is 0. The summed E-state index contributed by atoms with van der Waals surface area (Å²) in [5.74, 6) is 1.12. The summed E-state index contributed by atoms with van der Waals surface area (Å²) in [6.07, 6.45) is 0.308. The zero-order valence-electron chi connectivity index (χ0n) is 10.2. The van der Waals surface area contributed by atoms with Crippen LogP contribution in [0.1, 0.15) is 6.92 Å². The van der Waals surface area contributed by atoms with E-state index in [9.17, 15) is 0 Å². The summed E-state index contributed by atoms with van der Waals surface area (Å²) in [6.45, 7) is 4.25. The largest absolute Gasteiger partial charge is 0.481 e. The molecule has 2 rings (SSSR count). The molecular weight excluding hydrogens is 220 g/mol. The van der Waals surface area contributed by atoms with Crippen LogP contribution in [0.4, 0.5) is 0 Å². The van der Waals surface area contributed by atoms with Crippen molar-refractivity contribution in [2.75, 3.05) is 26.8 Å². The van der Waals surface area contributed by atoms with Gasteiger partial charge >= 0.3 is 0 Å². The highest BCUT2D eigenvalue weighted by Crippen LogP contribution is 2.13. The Balaban J connectivity index is 1.84. The lowest BCUT2D eigenvalue weighted by Gasteiger charge is -2.28. The van der Waals surface area contributed by atoms with E-state index in [0.29, 0.717) is 18.4 Å². The molecule has 1 N–H and O–H groups in total. The summed E-state index contributed by atoms with van der Waals surface area (Å²) in [5.41, 5.74) is 0. The van der Waals surface area contributed by atoms with Gasteiger partial charge in [0.25, 0.3) is 0 Å². The second-order valence-corrected chi connectivity index (χ2v) is 4.06. The molecule has 5 nitrogen and oxygen atoms in total. The normalized spacial score (nSPS) is 24.4. The molecule has 1 aromatic heterocycles. The van der Waals surface area contributed by atoms with Crippen molar-refractivity contribution in [2.45, 2.75) is 19.1 Å². The maximum absolute atomic E-state index is 5.72. The molecule has 0 aliphatic carbocycles. The highest BCUT2D eigenvalue weighted by atomic mass is 16.5. The van der Waals surface area contributed by atoms with Gasteiger partial charge in [-0.05, 0) is 6.92 Å². The summed E-state index contributed by atoms with van der Waals surface area (Å²) in [6, 6.07) is 5.44. The van der Waals surface area contributed by atoms with E-state index >= 15 is 0 Å². The van der Waals surface area contributed by atoms with Crippen LogP contribution in [0.3, 0.4) is 0 Å². The van der Waals surface area contributed by atoms with Crippen molar-refractivity contribution in [1.82, 2.24) is 10.3 Å².